The Hall–Kier alpha value is -1.67. The van der Waals surface area contributed by atoms with Crippen molar-refractivity contribution in [2.75, 3.05) is 0 Å². The molecule has 4 rings (SSSR count). The summed E-state index contributed by atoms with van der Waals surface area (Å²) in [6.07, 6.45) is 8.14. The average Bonchev–Trinajstić information content (AvgIpc) is 3.34. The Kier molecular flexibility index (Phi) is 7.83. The van der Waals surface area contributed by atoms with Gasteiger partial charge in [-0.25, -0.2) is 15.0 Å². The Labute approximate surface area is 174 Å². The Morgan fingerprint density at radius 2 is 1.86 bits per heavy atom. The third-order valence-electron chi connectivity index (χ3n) is 4.05. The molecule has 3 heterocycles. The molecule has 2 atom stereocenters. The first kappa shape index (κ1) is 22.6. The molecule has 0 saturated heterocycles. The lowest BCUT2D eigenvalue weighted by atomic mass is 10.1. The van der Waals surface area contributed by atoms with Crippen LogP contribution < -0.4 is 0 Å². The van der Waals surface area contributed by atoms with Gasteiger partial charge in [0.15, 0.2) is 17.3 Å². The predicted molar refractivity (Wildman–Crippen MR) is 110 cm³/mol. The van der Waals surface area contributed by atoms with Gasteiger partial charge in [0.25, 0.3) is 0 Å². The molecule has 1 aliphatic carbocycles. The van der Waals surface area contributed by atoms with Gasteiger partial charge in [-0.2, -0.15) is 0 Å². The number of aliphatic hydroxyl groups is 2. The molecule has 7 nitrogen and oxygen atoms in total. The van der Waals surface area contributed by atoms with Gasteiger partial charge in [-0.3, -0.25) is 0 Å². The van der Waals surface area contributed by atoms with Gasteiger partial charge in [0.05, 0.1) is 17.5 Å². The summed E-state index contributed by atoms with van der Waals surface area (Å²) in [4.78, 5) is 13.0. The average molecular weight is 429 g/mol. The van der Waals surface area contributed by atoms with Gasteiger partial charge in [-0.15, -0.1) is 0 Å². The zero-order valence-corrected chi connectivity index (χ0v) is 17.9. The Balaban J connectivity index is 0.000000352. The van der Waals surface area contributed by atoms with Crippen molar-refractivity contribution in [2.45, 2.75) is 64.7 Å². The Bertz CT molecular complexity index is 869. The molecule has 28 heavy (non-hydrogen) atoms. The molecule has 3 aromatic heterocycles. The number of nitrogens with zero attached hydrogens (tertiary/aromatic N) is 4. The molecule has 1 fully saturated rings. The van der Waals surface area contributed by atoms with Crippen LogP contribution in [0.4, 0.5) is 0 Å². The van der Waals surface area contributed by atoms with Crippen LogP contribution in [0.25, 0.3) is 11.2 Å². The largest absolute Gasteiger partial charge is 0.449 e. The molecule has 0 spiro atoms. The lowest BCUT2D eigenvalue weighted by Gasteiger charge is -2.12. The van der Waals surface area contributed by atoms with E-state index in [1.54, 1.807) is 24.9 Å². The maximum atomic E-state index is 8.08. The van der Waals surface area contributed by atoms with E-state index in [0.717, 1.165) is 30.8 Å². The number of rotatable bonds is 2. The van der Waals surface area contributed by atoms with Crippen LogP contribution in [0.3, 0.4) is 0 Å². The molecule has 0 amide bonds. The molecule has 0 bridgehead atoms. The molecule has 0 aliphatic heterocycles. The smallest absolute Gasteiger partial charge is 0.197 e. The summed E-state index contributed by atoms with van der Waals surface area (Å²) in [5.74, 6) is -0.344. The van der Waals surface area contributed by atoms with Crippen LogP contribution in [-0.4, -0.2) is 35.5 Å². The van der Waals surface area contributed by atoms with Gasteiger partial charge in [0, 0.05) is 12.0 Å². The first-order chi connectivity index (χ1) is 13.2. The molecule has 1 aliphatic rings. The summed E-state index contributed by atoms with van der Waals surface area (Å²) in [7, 11) is 0. The minimum absolute atomic E-state index is 0.314. The summed E-state index contributed by atoms with van der Waals surface area (Å²) in [6, 6.07) is 1.93. The van der Waals surface area contributed by atoms with Crippen LogP contribution in [0.15, 0.2) is 29.3 Å². The molecule has 2 N–H and O–H groups in total. The highest BCUT2D eigenvalue weighted by Crippen LogP contribution is 2.41. The number of aromatic nitrogens is 4. The SMILES string of the molecule is CC.CC(C)(O)O.Clc1cc(Cl)c2ncn(C3CC[C@@H](c4ncco4)C3)c2n1. The Morgan fingerprint density at radius 3 is 2.46 bits per heavy atom. The number of imidazole rings is 1. The fraction of sp³-hybridized carbons (Fsp3) is 0.526. The third kappa shape index (κ3) is 5.91. The minimum atomic E-state index is -1.50. The summed E-state index contributed by atoms with van der Waals surface area (Å²) < 4.78 is 7.48. The van der Waals surface area contributed by atoms with Gasteiger partial charge in [0.1, 0.15) is 16.9 Å². The lowest BCUT2D eigenvalue weighted by molar-refractivity contribution is -0.127. The van der Waals surface area contributed by atoms with Crippen molar-refractivity contribution in [3.05, 3.63) is 40.9 Å². The minimum Gasteiger partial charge on any atom is -0.449 e. The van der Waals surface area contributed by atoms with Crippen LogP contribution in [0, 0.1) is 0 Å². The van der Waals surface area contributed by atoms with Gasteiger partial charge in [-0.1, -0.05) is 37.0 Å². The molecule has 1 unspecified atom stereocenters. The second-order valence-electron chi connectivity index (χ2n) is 6.78. The fourth-order valence-electron chi connectivity index (χ4n) is 3.08. The van der Waals surface area contributed by atoms with E-state index in [2.05, 4.69) is 19.5 Å². The maximum Gasteiger partial charge on any atom is 0.197 e. The molecule has 3 aromatic rings. The maximum absolute atomic E-state index is 8.08. The fourth-order valence-corrected chi connectivity index (χ4v) is 3.56. The standard InChI is InChI=1S/C14H12Cl2N4O.C3H8O2.C2H6/c15-10-6-11(16)19-13-12(10)18-7-20(13)9-2-1-8(5-9)14-17-3-4-21-14;1-3(2,4)5;1-2/h3-4,6-9H,1-2,5H2;4-5H,1-2H3;1-2H3/t8-,9?;;/m1../s1. The van der Waals surface area contributed by atoms with Gasteiger partial charge in [0.2, 0.25) is 0 Å². The van der Waals surface area contributed by atoms with E-state index in [1.807, 2.05) is 13.8 Å². The zero-order valence-electron chi connectivity index (χ0n) is 16.4. The van der Waals surface area contributed by atoms with Gasteiger partial charge < -0.3 is 19.2 Å². The van der Waals surface area contributed by atoms with Crippen molar-refractivity contribution >= 4 is 34.4 Å². The number of pyridine rings is 1. The highest BCUT2D eigenvalue weighted by Gasteiger charge is 2.31. The van der Waals surface area contributed by atoms with E-state index in [9.17, 15) is 0 Å². The molecule has 0 radical (unpaired) electrons. The normalized spacial score (nSPS) is 19.0. The van der Waals surface area contributed by atoms with Crippen LogP contribution in [0.1, 0.15) is 64.8 Å². The summed E-state index contributed by atoms with van der Waals surface area (Å²) in [5.41, 5.74) is 1.44. The number of fused-ring (bicyclic) bond motifs is 1. The van der Waals surface area contributed by atoms with Gasteiger partial charge >= 0.3 is 0 Å². The molecule has 1 saturated carbocycles. The van der Waals surface area contributed by atoms with Crippen LogP contribution in [0.2, 0.25) is 10.2 Å². The number of hydrogen-bond acceptors (Lipinski definition) is 6. The summed E-state index contributed by atoms with van der Waals surface area (Å²) in [6.45, 7) is 6.60. The molecule has 0 aromatic carbocycles. The number of halogens is 2. The van der Waals surface area contributed by atoms with Crippen molar-refractivity contribution < 1.29 is 14.6 Å². The van der Waals surface area contributed by atoms with Crippen molar-refractivity contribution in [2.24, 2.45) is 0 Å². The predicted octanol–water partition coefficient (Wildman–Crippen LogP) is 4.97. The van der Waals surface area contributed by atoms with E-state index in [-0.39, 0.29) is 0 Å². The lowest BCUT2D eigenvalue weighted by Crippen LogP contribution is -2.15. The van der Waals surface area contributed by atoms with Crippen molar-refractivity contribution in [1.82, 2.24) is 19.5 Å². The van der Waals surface area contributed by atoms with E-state index >= 15 is 0 Å². The monoisotopic (exact) mass is 428 g/mol. The van der Waals surface area contributed by atoms with E-state index < -0.39 is 5.79 Å². The second-order valence-corrected chi connectivity index (χ2v) is 7.57. The topological polar surface area (TPSA) is 97.2 Å². The van der Waals surface area contributed by atoms with Crippen molar-refractivity contribution in [1.29, 1.82) is 0 Å². The Morgan fingerprint density at radius 1 is 1.18 bits per heavy atom. The van der Waals surface area contributed by atoms with E-state index in [1.165, 1.54) is 13.8 Å². The summed E-state index contributed by atoms with van der Waals surface area (Å²) >= 11 is 12.2. The van der Waals surface area contributed by atoms with E-state index in [4.69, 9.17) is 37.8 Å². The first-order valence-corrected chi connectivity index (χ1v) is 10.0. The number of oxazole rings is 1. The van der Waals surface area contributed by atoms with Crippen LogP contribution in [-0.2, 0) is 0 Å². The quantitative estimate of drug-likeness (QED) is 0.441. The van der Waals surface area contributed by atoms with Crippen molar-refractivity contribution in [3.63, 3.8) is 0 Å². The molecule has 154 valence electrons. The summed E-state index contributed by atoms with van der Waals surface area (Å²) in [5, 5.41) is 17.1. The van der Waals surface area contributed by atoms with Crippen molar-refractivity contribution in [3.8, 4) is 0 Å². The van der Waals surface area contributed by atoms with Crippen LogP contribution >= 0.6 is 23.2 Å². The zero-order chi connectivity index (χ0) is 20.9. The molecule has 9 heteroatoms. The van der Waals surface area contributed by atoms with Crippen LogP contribution in [0.5, 0.6) is 0 Å². The first-order valence-electron chi connectivity index (χ1n) is 9.25. The molecular formula is C19H26Cl2N4O3. The van der Waals surface area contributed by atoms with E-state index in [0.29, 0.717) is 27.7 Å². The molecular weight excluding hydrogens is 403 g/mol. The second kappa shape index (κ2) is 9.69. The highest BCUT2D eigenvalue weighted by molar-refractivity contribution is 6.37. The highest BCUT2D eigenvalue weighted by atomic mass is 35.5. The third-order valence-corrected chi connectivity index (χ3v) is 4.53. The number of hydrogen-bond donors (Lipinski definition) is 2. The van der Waals surface area contributed by atoms with Gasteiger partial charge in [-0.05, 0) is 39.2 Å².